The van der Waals surface area contributed by atoms with Crippen LogP contribution < -0.4 is 4.74 Å². The SMILES string of the molecule is CCOc1cnc(I)c(F)c1. The second-order valence-electron chi connectivity index (χ2n) is 1.88. The molecule has 4 heteroatoms. The molecule has 0 N–H and O–H groups in total. The summed E-state index contributed by atoms with van der Waals surface area (Å²) in [6, 6.07) is 1.33. The molecule has 0 unspecified atom stereocenters. The van der Waals surface area contributed by atoms with Gasteiger partial charge in [-0.25, -0.2) is 9.37 Å². The van der Waals surface area contributed by atoms with Crippen LogP contribution in [-0.4, -0.2) is 11.6 Å². The van der Waals surface area contributed by atoms with Crippen LogP contribution >= 0.6 is 22.6 Å². The van der Waals surface area contributed by atoms with Crippen molar-refractivity contribution in [2.75, 3.05) is 6.61 Å². The Balaban J connectivity index is 2.86. The van der Waals surface area contributed by atoms with Crippen molar-refractivity contribution in [1.82, 2.24) is 4.98 Å². The summed E-state index contributed by atoms with van der Waals surface area (Å²) in [5, 5.41) is 0. The monoisotopic (exact) mass is 267 g/mol. The van der Waals surface area contributed by atoms with Gasteiger partial charge >= 0.3 is 0 Å². The highest BCUT2D eigenvalue weighted by Crippen LogP contribution is 2.14. The molecule has 0 spiro atoms. The van der Waals surface area contributed by atoms with Gasteiger partial charge in [-0.2, -0.15) is 0 Å². The molecule has 60 valence electrons. The smallest absolute Gasteiger partial charge is 0.158 e. The highest BCUT2D eigenvalue weighted by atomic mass is 127. The molecule has 0 aliphatic rings. The number of pyridine rings is 1. The molecule has 11 heavy (non-hydrogen) atoms. The lowest BCUT2D eigenvalue weighted by molar-refractivity contribution is 0.336. The van der Waals surface area contributed by atoms with E-state index in [1.54, 1.807) is 0 Å². The van der Waals surface area contributed by atoms with Crippen molar-refractivity contribution in [2.45, 2.75) is 6.92 Å². The third-order valence-corrected chi connectivity index (χ3v) is 1.88. The van der Waals surface area contributed by atoms with Crippen LogP contribution in [-0.2, 0) is 0 Å². The van der Waals surface area contributed by atoms with E-state index in [2.05, 4.69) is 4.98 Å². The topological polar surface area (TPSA) is 22.1 Å². The Morgan fingerprint density at radius 3 is 3.00 bits per heavy atom. The van der Waals surface area contributed by atoms with Crippen LogP contribution in [0.4, 0.5) is 4.39 Å². The Labute approximate surface area is 77.9 Å². The summed E-state index contributed by atoms with van der Waals surface area (Å²) in [6.45, 7) is 2.37. The van der Waals surface area contributed by atoms with E-state index < -0.39 is 0 Å². The van der Waals surface area contributed by atoms with Crippen LogP contribution in [0, 0.1) is 9.52 Å². The second-order valence-corrected chi connectivity index (χ2v) is 2.90. The fourth-order valence-electron chi connectivity index (χ4n) is 0.649. The average molecular weight is 267 g/mol. The van der Waals surface area contributed by atoms with E-state index in [1.807, 2.05) is 29.5 Å². The first-order valence-corrected chi connectivity index (χ1v) is 4.25. The van der Waals surface area contributed by atoms with Crippen LogP contribution in [0.1, 0.15) is 6.92 Å². The maximum Gasteiger partial charge on any atom is 0.158 e. The van der Waals surface area contributed by atoms with E-state index in [0.717, 1.165) is 0 Å². The first-order valence-electron chi connectivity index (χ1n) is 3.18. The molecule has 0 fully saturated rings. The number of halogens is 2. The minimum absolute atomic E-state index is 0.337. The van der Waals surface area contributed by atoms with E-state index in [4.69, 9.17) is 4.74 Å². The van der Waals surface area contributed by atoms with Gasteiger partial charge in [0.1, 0.15) is 9.45 Å². The molecule has 0 aliphatic carbocycles. The van der Waals surface area contributed by atoms with Crippen molar-refractivity contribution in [3.63, 3.8) is 0 Å². The lowest BCUT2D eigenvalue weighted by Gasteiger charge is -2.01. The van der Waals surface area contributed by atoms with Crippen molar-refractivity contribution < 1.29 is 9.13 Å². The van der Waals surface area contributed by atoms with Gasteiger partial charge in [-0.3, -0.25) is 0 Å². The molecule has 0 saturated heterocycles. The van der Waals surface area contributed by atoms with Crippen LogP contribution in [0.5, 0.6) is 5.75 Å². The van der Waals surface area contributed by atoms with Crippen LogP contribution in [0.25, 0.3) is 0 Å². The van der Waals surface area contributed by atoms with Crippen LogP contribution in [0.3, 0.4) is 0 Å². The summed E-state index contributed by atoms with van der Waals surface area (Å²) < 4.78 is 18.2. The summed E-state index contributed by atoms with van der Waals surface area (Å²) in [5.41, 5.74) is 0. The molecule has 1 heterocycles. The summed E-state index contributed by atoms with van der Waals surface area (Å²) in [6.07, 6.45) is 1.51. The van der Waals surface area contributed by atoms with Crippen molar-refractivity contribution >= 4 is 22.6 Å². The molecule has 0 saturated carbocycles. The molecule has 1 rings (SSSR count). The standard InChI is InChI=1S/C7H7FINO/c1-2-11-5-3-6(8)7(9)10-4-5/h3-4H,2H2,1H3. The molecular formula is C7H7FINO. The van der Waals surface area contributed by atoms with E-state index in [9.17, 15) is 4.39 Å². The summed E-state index contributed by atoms with van der Waals surface area (Å²) >= 11 is 1.83. The maximum absolute atomic E-state index is 12.8. The van der Waals surface area contributed by atoms with Gasteiger partial charge in [0.05, 0.1) is 12.8 Å². The van der Waals surface area contributed by atoms with Gasteiger partial charge in [0.25, 0.3) is 0 Å². The molecule has 0 radical (unpaired) electrons. The molecule has 0 atom stereocenters. The first kappa shape index (κ1) is 8.70. The second kappa shape index (κ2) is 3.85. The summed E-state index contributed by atoms with van der Waals surface area (Å²) in [5.74, 6) is 0.141. The Hall–Kier alpha value is -0.390. The maximum atomic E-state index is 12.8. The predicted molar refractivity (Wildman–Crippen MR) is 48.1 cm³/mol. The Morgan fingerprint density at radius 1 is 1.73 bits per heavy atom. The average Bonchev–Trinajstić information content (AvgIpc) is 1.98. The Bertz CT molecular complexity index is 254. The normalized spacial score (nSPS) is 9.73. The van der Waals surface area contributed by atoms with Crippen LogP contribution in [0.15, 0.2) is 12.3 Å². The van der Waals surface area contributed by atoms with E-state index in [0.29, 0.717) is 16.1 Å². The number of aromatic nitrogens is 1. The van der Waals surface area contributed by atoms with E-state index in [1.165, 1.54) is 12.3 Å². The Morgan fingerprint density at radius 2 is 2.45 bits per heavy atom. The van der Waals surface area contributed by atoms with Crippen molar-refractivity contribution in [3.05, 3.63) is 21.8 Å². The van der Waals surface area contributed by atoms with Gasteiger partial charge in [0.2, 0.25) is 0 Å². The van der Waals surface area contributed by atoms with Gasteiger partial charge in [-0.15, -0.1) is 0 Å². The number of hydrogen-bond donors (Lipinski definition) is 0. The van der Waals surface area contributed by atoms with E-state index in [-0.39, 0.29) is 5.82 Å². The fourth-order valence-corrected chi connectivity index (χ4v) is 0.944. The molecule has 0 amide bonds. The molecule has 0 aliphatic heterocycles. The van der Waals surface area contributed by atoms with Crippen molar-refractivity contribution in [3.8, 4) is 5.75 Å². The van der Waals surface area contributed by atoms with Gasteiger partial charge in [-0.05, 0) is 29.5 Å². The van der Waals surface area contributed by atoms with Gasteiger partial charge in [0, 0.05) is 6.07 Å². The van der Waals surface area contributed by atoms with Gasteiger partial charge < -0.3 is 4.74 Å². The van der Waals surface area contributed by atoms with Gasteiger partial charge in [0.15, 0.2) is 5.82 Å². The third kappa shape index (κ3) is 2.28. The quantitative estimate of drug-likeness (QED) is 0.605. The van der Waals surface area contributed by atoms with Gasteiger partial charge in [-0.1, -0.05) is 0 Å². The molecule has 1 aromatic heterocycles. The molecule has 2 nitrogen and oxygen atoms in total. The minimum atomic E-state index is -0.337. The molecule has 0 bridgehead atoms. The zero-order valence-electron chi connectivity index (χ0n) is 5.97. The zero-order chi connectivity index (χ0) is 8.27. The number of rotatable bonds is 2. The largest absolute Gasteiger partial charge is 0.492 e. The number of hydrogen-bond acceptors (Lipinski definition) is 2. The minimum Gasteiger partial charge on any atom is -0.492 e. The number of ether oxygens (including phenoxy) is 1. The highest BCUT2D eigenvalue weighted by molar-refractivity contribution is 14.1. The van der Waals surface area contributed by atoms with Crippen LogP contribution in [0.2, 0.25) is 0 Å². The summed E-state index contributed by atoms with van der Waals surface area (Å²) in [7, 11) is 0. The molecule has 1 aromatic rings. The third-order valence-electron chi connectivity index (χ3n) is 1.08. The van der Waals surface area contributed by atoms with E-state index >= 15 is 0 Å². The van der Waals surface area contributed by atoms with Crippen molar-refractivity contribution in [2.24, 2.45) is 0 Å². The molecule has 0 aromatic carbocycles. The first-order chi connectivity index (χ1) is 5.24. The lowest BCUT2D eigenvalue weighted by atomic mass is 10.4. The zero-order valence-corrected chi connectivity index (χ0v) is 8.13. The Kier molecular flexibility index (Phi) is 3.04. The highest BCUT2D eigenvalue weighted by Gasteiger charge is 2.00. The summed E-state index contributed by atoms with van der Waals surface area (Å²) in [4.78, 5) is 3.78. The fraction of sp³-hybridized carbons (Fsp3) is 0.286. The number of nitrogens with zero attached hydrogens (tertiary/aromatic N) is 1. The molecular weight excluding hydrogens is 260 g/mol. The predicted octanol–water partition coefficient (Wildman–Crippen LogP) is 2.22. The lowest BCUT2D eigenvalue weighted by Crippen LogP contribution is -1.94. The van der Waals surface area contributed by atoms with Crippen molar-refractivity contribution in [1.29, 1.82) is 0 Å².